The van der Waals surface area contributed by atoms with Crippen molar-refractivity contribution < 1.29 is 14.3 Å². The number of likely N-dealkylation sites (N-methyl/N-ethyl adjacent to an activating group) is 1. The van der Waals surface area contributed by atoms with E-state index in [2.05, 4.69) is 15.9 Å². The van der Waals surface area contributed by atoms with Gasteiger partial charge in [0.25, 0.3) is 0 Å². The summed E-state index contributed by atoms with van der Waals surface area (Å²) in [4.78, 5) is 15.1. The van der Waals surface area contributed by atoms with Gasteiger partial charge in [0.1, 0.15) is 16.0 Å². The Bertz CT molecular complexity index is 510. The topological polar surface area (TPSA) is 38.8 Å². The molecule has 0 fully saturated rings. The van der Waals surface area contributed by atoms with E-state index in [0.717, 1.165) is 12.8 Å². The van der Waals surface area contributed by atoms with Gasteiger partial charge in [-0.25, -0.2) is 0 Å². The van der Waals surface area contributed by atoms with E-state index in [1.807, 2.05) is 32.8 Å². The first-order chi connectivity index (χ1) is 9.89. The largest absolute Gasteiger partial charge is 0.495 e. The molecule has 5 heteroatoms. The number of nitrogens with zero attached hydrogens (tertiary/aromatic N) is 1. The van der Waals surface area contributed by atoms with Crippen molar-refractivity contribution in [3.63, 3.8) is 0 Å². The zero-order chi connectivity index (χ0) is 16.2. The predicted octanol–water partition coefficient (Wildman–Crippen LogP) is 3.77. The molecule has 0 atom stereocenters. The van der Waals surface area contributed by atoms with Crippen LogP contribution in [-0.4, -0.2) is 44.5 Å². The van der Waals surface area contributed by atoms with E-state index in [4.69, 9.17) is 9.47 Å². The van der Waals surface area contributed by atoms with Crippen LogP contribution in [0.4, 0.5) is 0 Å². The molecule has 1 aromatic carbocycles. The molecule has 0 saturated carbocycles. The van der Waals surface area contributed by atoms with Gasteiger partial charge in [0, 0.05) is 0 Å². The summed E-state index contributed by atoms with van der Waals surface area (Å²) in [5.74, 6) is 1.23. The quantitative estimate of drug-likeness (QED) is 0.696. The summed E-state index contributed by atoms with van der Waals surface area (Å²) in [6.45, 7) is 4.07. The second-order valence-electron chi connectivity index (χ2n) is 5.12. The highest BCUT2D eigenvalue weighted by molar-refractivity contribution is 9.10. The second-order valence-corrected chi connectivity index (χ2v) is 5.92. The summed E-state index contributed by atoms with van der Waals surface area (Å²) < 4.78 is 11.4. The van der Waals surface area contributed by atoms with Crippen LogP contribution in [-0.2, 0) is 0 Å². The van der Waals surface area contributed by atoms with Gasteiger partial charge < -0.3 is 9.47 Å². The zero-order valence-corrected chi connectivity index (χ0v) is 15.2. The zero-order valence-electron chi connectivity index (χ0n) is 13.6. The van der Waals surface area contributed by atoms with Crippen LogP contribution in [0.2, 0.25) is 0 Å². The molecule has 118 valence electrons. The third-order valence-corrected chi connectivity index (χ3v) is 4.93. The minimum absolute atomic E-state index is 0.0673. The van der Waals surface area contributed by atoms with Crippen molar-refractivity contribution in [1.82, 2.24) is 4.90 Å². The molecule has 0 radical (unpaired) electrons. The second kappa shape index (κ2) is 7.27. The lowest BCUT2D eigenvalue weighted by molar-refractivity contribution is 0.0653. The van der Waals surface area contributed by atoms with Crippen LogP contribution < -0.4 is 9.47 Å². The Labute approximate surface area is 135 Å². The fraction of sp³-hybridized carbons (Fsp3) is 0.562. The van der Waals surface area contributed by atoms with E-state index in [1.165, 1.54) is 0 Å². The van der Waals surface area contributed by atoms with Crippen LogP contribution in [0.15, 0.2) is 16.6 Å². The molecule has 0 aromatic heterocycles. The van der Waals surface area contributed by atoms with E-state index < -0.39 is 5.54 Å². The predicted molar refractivity (Wildman–Crippen MR) is 88.6 cm³/mol. The molecule has 0 saturated heterocycles. The number of hydrogen-bond acceptors (Lipinski definition) is 4. The maximum Gasteiger partial charge on any atom is 0.186 e. The fourth-order valence-corrected chi connectivity index (χ4v) is 3.40. The molecule has 0 unspecified atom stereocenters. The number of halogens is 1. The number of ether oxygens (including phenoxy) is 2. The van der Waals surface area contributed by atoms with Gasteiger partial charge in [-0.05, 0) is 55.0 Å². The molecule has 0 spiro atoms. The molecular formula is C16H24BrNO3. The van der Waals surface area contributed by atoms with E-state index in [1.54, 1.807) is 26.4 Å². The molecule has 1 rings (SSSR count). The van der Waals surface area contributed by atoms with Crippen molar-refractivity contribution in [1.29, 1.82) is 0 Å². The maximum absolute atomic E-state index is 13.1. The van der Waals surface area contributed by atoms with E-state index in [-0.39, 0.29) is 5.78 Å². The third kappa shape index (κ3) is 3.09. The summed E-state index contributed by atoms with van der Waals surface area (Å²) in [5, 5.41) is 0. The van der Waals surface area contributed by atoms with Crippen molar-refractivity contribution in [2.75, 3.05) is 28.3 Å². The van der Waals surface area contributed by atoms with Crippen LogP contribution in [0, 0.1) is 0 Å². The van der Waals surface area contributed by atoms with Gasteiger partial charge >= 0.3 is 0 Å². The fourth-order valence-electron chi connectivity index (χ4n) is 2.73. The van der Waals surface area contributed by atoms with Crippen molar-refractivity contribution >= 4 is 21.7 Å². The van der Waals surface area contributed by atoms with Crippen LogP contribution in [0.5, 0.6) is 11.5 Å². The maximum atomic E-state index is 13.1. The summed E-state index contributed by atoms with van der Waals surface area (Å²) in [6, 6.07) is 3.56. The molecule has 0 heterocycles. The molecule has 1 aromatic rings. The first kappa shape index (κ1) is 18.0. The molecule has 21 heavy (non-hydrogen) atoms. The standard InChI is InChI=1S/C16H24BrNO3/c1-7-16(8-2,18(3)4)15(19)11-9-10-12(20-5)13(17)14(11)21-6/h9-10H,7-8H2,1-6H3. The molecule has 0 amide bonds. The van der Waals surface area contributed by atoms with Crippen molar-refractivity contribution in [3.05, 3.63) is 22.2 Å². The third-order valence-electron chi connectivity index (χ3n) is 4.18. The summed E-state index contributed by atoms with van der Waals surface area (Å²) in [5.41, 5.74) is 0.0453. The highest BCUT2D eigenvalue weighted by Gasteiger charge is 2.39. The molecule has 0 aliphatic heterocycles. The van der Waals surface area contributed by atoms with Gasteiger partial charge in [0.05, 0.1) is 25.3 Å². The van der Waals surface area contributed by atoms with Crippen LogP contribution in [0.1, 0.15) is 37.0 Å². The smallest absolute Gasteiger partial charge is 0.186 e. The minimum atomic E-state index is -0.526. The van der Waals surface area contributed by atoms with E-state index in [9.17, 15) is 4.79 Å². The first-order valence-corrected chi connectivity index (χ1v) is 7.81. The molecule has 0 N–H and O–H groups in total. The lowest BCUT2D eigenvalue weighted by Gasteiger charge is -2.37. The Morgan fingerprint density at radius 3 is 2.14 bits per heavy atom. The van der Waals surface area contributed by atoms with Crippen molar-refractivity contribution in [2.24, 2.45) is 0 Å². The van der Waals surface area contributed by atoms with Crippen LogP contribution in [0.3, 0.4) is 0 Å². The normalized spacial score (nSPS) is 11.6. The van der Waals surface area contributed by atoms with Crippen LogP contribution in [0.25, 0.3) is 0 Å². The van der Waals surface area contributed by atoms with Gasteiger partial charge in [-0.2, -0.15) is 0 Å². The molecule has 0 bridgehead atoms. The highest BCUT2D eigenvalue weighted by Crippen LogP contribution is 2.40. The number of methoxy groups -OCH3 is 2. The lowest BCUT2D eigenvalue weighted by Crippen LogP contribution is -2.50. The average molecular weight is 358 g/mol. The Balaban J connectivity index is 3.45. The number of ketones is 1. The molecule has 0 aliphatic carbocycles. The van der Waals surface area contributed by atoms with Gasteiger partial charge in [-0.15, -0.1) is 0 Å². The van der Waals surface area contributed by atoms with Gasteiger partial charge in [0.15, 0.2) is 5.78 Å². The number of Topliss-reactive ketones (excluding diaryl/α,β-unsaturated/α-hetero) is 1. The molecule has 4 nitrogen and oxygen atoms in total. The van der Waals surface area contributed by atoms with Gasteiger partial charge in [0.2, 0.25) is 0 Å². The number of rotatable bonds is 7. The molecular weight excluding hydrogens is 334 g/mol. The SMILES string of the molecule is CCC(CC)(C(=O)c1ccc(OC)c(Br)c1OC)N(C)C. The minimum Gasteiger partial charge on any atom is -0.495 e. The van der Waals surface area contributed by atoms with Crippen LogP contribution >= 0.6 is 15.9 Å². The summed E-state index contributed by atoms with van der Waals surface area (Å²) in [7, 11) is 7.03. The Morgan fingerprint density at radius 1 is 1.19 bits per heavy atom. The Hall–Kier alpha value is -1.07. The van der Waals surface area contributed by atoms with Crippen molar-refractivity contribution in [3.8, 4) is 11.5 Å². The molecule has 0 aliphatic rings. The average Bonchev–Trinajstić information content (AvgIpc) is 2.48. The lowest BCUT2D eigenvalue weighted by atomic mass is 9.83. The van der Waals surface area contributed by atoms with E-state index >= 15 is 0 Å². The number of benzene rings is 1. The highest BCUT2D eigenvalue weighted by atomic mass is 79.9. The Morgan fingerprint density at radius 2 is 1.76 bits per heavy atom. The summed E-state index contributed by atoms with van der Waals surface area (Å²) in [6.07, 6.45) is 1.48. The van der Waals surface area contributed by atoms with E-state index in [0.29, 0.717) is 21.5 Å². The number of carbonyl (C=O) groups excluding carboxylic acids is 1. The Kier molecular flexibility index (Phi) is 6.23. The first-order valence-electron chi connectivity index (χ1n) is 7.02. The number of hydrogen-bond donors (Lipinski definition) is 0. The van der Waals surface area contributed by atoms with Crippen molar-refractivity contribution in [2.45, 2.75) is 32.2 Å². The monoisotopic (exact) mass is 357 g/mol. The van der Waals surface area contributed by atoms with Gasteiger partial charge in [-0.3, -0.25) is 9.69 Å². The number of carbonyl (C=O) groups is 1. The summed E-state index contributed by atoms with van der Waals surface area (Å²) >= 11 is 3.45. The van der Waals surface area contributed by atoms with Gasteiger partial charge in [-0.1, -0.05) is 13.8 Å².